The monoisotopic (exact) mass is 279 g/mol. The van der Waals surface area contributed by atoms with Crippen LogP contribution in [0.4, 0.5) is 0 Å². The molecule has 0 bridgehead atoms. The lowest BCUT2D eigenvalue weighted by Crippen LogP contribution is -1.94. The first-order chi connectivity index (χ1) is 10.1. The van der Waals surface area contributed by atoms with Crippen molar-refractivity contribution in [3.8, 4) is 17.6 Å². The van der Waals surface area contributed by atoms with Crippen LogP contribution in [0.15, 0.2) is 48.5 Å². The highest BCUT2D eigenvalue weighted by atomic mass is 16.5. The van der Waals surface area contributed by atoms with Gasteiger partial charge in [0.05, 0.1) is 18.7 Å². The van der Waals surface area contributed by atoms with E-state index in [0.29, 0.717) is 22.4 Å². The normalized spacial score (nSPS) is 10.3. The summed E-state index contributed by atoms with van der Waals surface area (Å²) in [5.41, 5.74) is 1.57. The van der Waals surface area contributed by atoms with Gasteiger partial charge in [0, 0.05) is 5.56 Å². The van der Waals surface area contributed by atoms with E-state index in [2.05, 4.69) is 0 Å². The highest BCUT2D eigenvalue weighted by Gasteiger charge is 2.04. The number of hydrogen-bond donors (Lipinski definition) is 1. The van der Waals surface area contributed by atoms with E-state index >= 15 is 0 Å². The largest absolute Gasteiger partial charge is 0.504 e. The Hall–Kier alpha value is -3.06. The average Bonchev–Trinajstić information content (AvgIpc) is 2.52. The number of carbonyl (C=O) groups is 1. The summed E-state index contributed by atoms with van der Waals surface area (Å²) in [6.45, 7) is 0. The lowest BCUT2D eigenvalue weighted by molar-refractivity contribution is 0.104. The number of phenolic OH excluding ortho intramolecular Hbond substituents is 1. The number of rotatable bonds is 4. The van der Waals surface area contributed by atoms with Crippen molar-refractivity contribution in [2.75, 3.05) is 7.11 Å². The maximum Gasteiger partial charge on any atom is 0.185 e. The number of hydrogen-bond acceptors (Lipinski definition) is 4. The first-order valence-corrected chi connectivity index (χ1v) is 6.23. The molecule has 0 heterocycles. The number of ether oxygens (including phenoxy) is 1. The van der Waals surface area contributed by atoms with Gasteiger partial charge in [-0.2, -0.15) is 5.26 Å². The zero-order chi connectivity index (χ0) is 15.2. The number of methoxy groups -OCH3 is 1. The van der Waals surface area contributed by atoms with Gasteiger partial charge in [-0.3, -0.25) is 4.79 Å². The zero-order valence-electron chi connectivity index (χ0n) is 11.4. The van der Waals surface area contributed by atoms with Crippen molar-refractivity contribution < 1.29 is 14.6 Å². The quantitative estimate of drug-likeness (QED) is 0.689. The number of phenols is 1. The lowest BCUT2D eigenvalue weighted by atomic mass is 10.1. The van der Waals surface area contributed by atoms with Crippen molar-refractivity contribution in [2.24, 2.45) is 0 Å². The molecule has 4 nitrogen and oxygen atoms in total. The standard InChI is InChI=1S/C17H13NO3/c1-21-17-8-6-12(10-16(17)20)5-7-15(19)14-4-2-3-13(9-14)11-18/h2-10,20H,1H3/b7-5-. The Bertz CT molecular complexity index is 742. The molecule has 0 atom stereocenters. The third-order valence-corrected chi connectivity index (χ3v) is 2.91. The van der Waals surface area contributed by atoms with Crippen LogP contribution in [0.25, 0.3) is 6.08 Å². The molecule has 0 radical (unpaired) electrons. The van der Waals surface area contributed by atoms with Gasteiger partial charge in [0.1, 0.15) is 0 Å². The summed E-state index contributed by atoms with van der Waals surface area (Å²) in [4.78, 5) is 12.0. The second kappa shape index (κ2) is 6.40. The van der Waals surface area contributed by atoms with Gasteiger partial charge in [0.25, 0.3) is 0 Å². The summed E-state index contributed by atoms with van der Waals surface area (Å²) in [5.74, 6) is 0.182. The van der Waals surface area contributed by atoms with Crippen LogP contribution in [0, 0.1) is 11.3 Å². The van der Waals surface area contributed by atoms with Crippen molar-refractivity contribution >= 4 is 11.9 Å². The van der Waals surface area contributed by atoms with Gasteiger partial charge in [-0.05, 0) is 35.9 Å². The molecule has 0 spiro atoms. The topological polar surface area (TPSA) is 70.3 Å². The Morgan fingerprint density at radius 3 is 2.76 bits per heavy atom. The van der Waals surface area contributed by atoms with E-state index in [-0.39, 0.29) is 11.5 Å². The molecule has 0 saturated carbocycles. The molecule has 0 aliphatic carbocycles. The van der Waals surface area contributed by atoms with E-state index < -0.39 is 0 Å². The highest BCUT2D eigenvalue weighted by Crippen LogP contribution is 2.26. The van der Waals surface area contributed by atoms with E-state index in [9.17, 15) is 9.90 Å². The molecule has 0 aliphatic heterocycles. The van der Waals surface area contributed by atoms with Gasteiger partial charge in [0.15, 0.2) is 17.3 Å². The van der Waals surface area contributed by atoms with E-state index in [1.807, 2.05) is 6.07 Å². The van der Waals surface area contributed by atoms with E-state index in [1.54, 1.807) is 36.4 Å². The van der Waals surface area contributed by atoms with Crippen molar-refractivity contribution in [3.05, 3.63) is 65.2 Å². The van der Waals surface area contributed by atoms with Crippen molar-refractivity contribution in [3.63, 3.8) is 0 Å². The number of aromatic hydroxyl groups is 1. The van der Waals surface area contributed by atoms with Crippen molar-refractivity contribution in [2.45, 2.75) is 0 Å². The van der Waals surface area contributed by atoms with Crippen LogP contribution in [0.1, 0.15) is 21.5 Å². The zero-order valence-corrected chi connectivity index (χ0v) is 11.4. The van der Waals surface area contributed by atoms with Gasteiger partial charge in [-0.25, -0.2) is 0 Å². The predicted molar refractivity (Wildman–Crippen MR) is 79.2 cm³/mol. The van der Waals surface area contributed by atoms with Crippen molar-refractivity contribution in [1.29, 1.82) is 5.26 Å². The number of carbonyl (C=O) groups excluding carboxylic acids is 1. The van der Waals surface area contributed by atoms with Crippen LogP contribution in [0.3, 0.4) is 0 Å². The Morgan fingerprint density at radius 1 is 1.29 bits per heavy atom. The first kappa shape index (κ1) is 14.4. The van der Waals surface area contributed by atoms with Crippen LogP contribution in [-0.2, 0) is 0 Å². The number of allylic oxidation sites excluding steroid dienone is 1. The molecule has 104 valence electrons. The predicted octanol–water partition coefficient (Wildman–Crippen LogP) is 3.17. The Balaban J connectivity index is 2.19. The summed E-state index contributed by atoms with van der Waals surface area (Å²) in [5, 5.41) is 18.5. The molecular formula is C17H13NO3. The van der Waals surface area contributed by atoms with Crippen LogP contribution in [0.5, 0.6) is 11.5 Å². The first-order valence-electron chi connectivity index (χ1n) is 6.23. The van der Waals surface area contributed by atoms with E-state index in [1.165, 1.54) is 25.3 Å². The summed E-state index contributed by atoms with van der Waals surface area (Å²) in [6, 6.07) is 13.4. The molecule has 0 aromatic heterocycles. The van der Waals surface area contributed by atoms with Gasteiger partial charge >= 0.3 is 0 Å². The molecule has 0 unspecified atom stereocenters. The highest BCUT2D eigenvalue weighted by molar-refractivity contribution is 6.07. The van der Waals surface area contributed by atoms with Crippen LogP contribution < -0.4 is 4.74 Å². The summed E-state index contributed by atoms with van der Waals surface area (Å²) >= 11 is 0. The third-order valence-electron chi connectivity index (χ3n) is 2.91. The minimum absolute atomic E-state index is 0.0126. The lowest BCUT2D eigenvalue weighted by Gasteiger charge is -2.03. The molecule has 0 amide bonds. The molecule has 2 aromatic rings. The van der Waals surface area contributed by atoms with Gasteiger partial charge < -0.3 is 9.84 Å². The Labute approximate surface area is 122 Å². The van der Waals surface area contributed by atoms with Crippen LogP contribution in [0.2, 0.25) is 0 Å². The maximum atomic E-state index is 12.0. The summed E-state index contributed by atoms with van der Waals surface area (Å²) < 4.78 is 4.95. The van der Waals surface area contributed by atoms with Crippen LogP contribution >= 0.6 is 0 Å². The molecular weight excluding hydrogens is 266 g/mol. The molecule has 2 rings (SSSR count). The average molecular weight is 279 g/mol. The fraction of sp³-hybridized carbons (Fsp3) is 0.0588. The summed E-state index contributed by atoms with van der Waals surface area (Å²) in [7, 11) is 1.47. The molecule has 0 aliphatic rings. The minimum Gasteiger partial charge on any atom is -0.504 e. The Morgan fingerprint density at radius 2 is 2.10 bits per heavy atom. The minimum atomic E-state index is -0.206. The number of benzene rings is 2. The van der Waals surface area contributed by atoms with Gasteiger partial charge in [-0.15, -0.1) is 0 Å². The molecule has 4 heteroatoms. The van der Waals surface area contributed by atoms with Crippen molar-refractivity contribution in [1.82, 2.24) is 0 Å². The smallest absolute Gasteiger partial charge is 0.185 e. The number of ketones is 1. The van der Waals surface area contributed by atoms with E-state index in [0.717, 1.165) is 0 Å². The second-order valence-electron chi connectivity index (χ2n) is 4.32. The van der Waals surface area contributed by atoms with Gasteiger partial charge in [-0.1, -0.05) is 24.3 Å². The summed E-state index contributed by atoms with van der Waals surface area (Å²) in [6.07, 6.45) is 3.00. The number of nitrogens with zero attached hydrogens (tertiary/aromatic N) is 1. The maximum absolute atomic E-state index is 12.0. The fourth-order valence-corrected chi connectivity index (χ4v) is 1.82. The molecule has 2 aromatic carbocycles. The van der Waals surface area contributed by atoms with Gasteiger partial charge in [0.2, 0.25) is 0 Å². The molecule has 21 heavy (non-hydrogen) atoms. The SMILES string of the molecule is COc1ccc(/C=C\C(=O)c2cccc(C#N)c2)cc1O. The van der Waals surface area contributed by atoms with E-state index in [4.69, 9.17) is 10.00 Å². The fourth-order valence-electron chi connectivity index (χ4n) is 1.82. The molecule has 1 N–H and O–H groups in total. The van der Waals surface area contributed by atoms with Crippen LogP contribution in [-0.4, -0.2) is 18.0 Å². The molecule has 0 saturated heterocycles. The third kappa shape index (κ3) is 3.48. The second-order valence-corrected chi connectivity index (χ2v) is 4.32. The Kier molecular flexibility index (Phi) is 4.37. The molecule has 0 fully saturated rings. The number of nitriles is 1.